The molecule has 0 atom stereocenters. The number of fused-ring (bicyclic) bond motifs is 1. The predicted molar refractivity (Wildman–Crippen MR) is 105 cm³/mol. The van der Waals surface area contributed by atoms with Crippen molar-refractivity contribution >= 4 is 11.8 Å². The van der Waals surface area contributed by atoms with E-state index in [4.69, 9.17) is 23.7 Å². The van der Waals surface area contributed by atoms with Crippen LogP contribution in [0.1, 0.15) is 42.0 Å². The van der Waals surface area contributed by atoms with Crippen molar-refractivity contribution in [2.45, 2.75) is 26.4 Å². The Labute approximate surface area is 160 Å². The average molecular weight is 370 g/mol. The Balaban J connectivity index is 2.06. The Bertz CT molecular complexity index is 781. The van der Waals surface area contributed by atoms with E-state index in [0.717, 1.165) is 33.9 Å². The molecule has 144 valence electrons. The predicted octanol–water partition coefficient (Wildman–Crippen LogP) is 4.80. The number of rotatable bonds is 8. The first-order valence-electron chi connectivity index (χ1n) is 8.98. The van der Waals surface area contributed by atoms with E-state index < -0.39 is 0 Å². The minimum Gasteiger partial charge on any atom is -0.488 e. The zero-order valence-electron chi connectivity index (χ0n) is 16.3. The lowest BCUT2D eigenvalue weighted by Crippen LogP contribution is -2.09. The Morgan fingerprint density at radius 2 is 1.59 bits per heavy atom. The summed E-state index contributed by atoms with van der Waals surface area (Å²) in [5, 5.41) is 0. The van der Waals surface area contributed by atoms with Gasteiger partial charge >= 0.3 is 0 Å². The van der Waals surface area contributed by atoms with Crippen molar-refractivity contribution in [3.05, 3.63) is 58.7 Å². The number of ether oxygens (including phenoxy) is 5. The van der Waals surface area contributed by atoms with Gasteiger partial charge in [0.1, 0.15) is 23.9 Å². The van der Waals surface area contributed by atoms with E-state index in [9.17, 15) is 0 Å². The van der Waals surface area contributed by atoms with Gasteiger partial charge in [-0.2, -0.15) is 0 Å². The van der Waals surface area contributed by atoms with Crippen LogP contribution in [0.25, 0.3) is 11.8 Å². The topological polar surface area (TPSA) is 46.2 Å². The molecule has 1 aliphatic heterocycles. The second-order valence-electron chi connectivity index (χ2n) is 6.64. The standard InChI is InChI=1S/C22H26O5/c1-15(2)22-20(26-13-23-3)10-18(11-21(22)27-14-24-4)19-9-16-7-5-6-8-17(16)12-25-19/h5-11,15H,12-14H2,1-4H3. The van der Waals surface area contributed by atoms with Crippen LogP contribution in [0.4, 0.5) is 0 Å². The van der Waals surface area contributed by atoms with Crippen LogP contribution < -0.4 is 9.47 Å². The molecule has 0 radical (unpaired) electrons. The van der Waals surface area contributed by atoms with Gasteiger partial charge in [-0.3, -0.25) is 0 Å². The first-order chi connectivity index (χ1) is 13.1. The molecule has 0 saturated carbocycles. The van der Waals surface area contributed by atoms with Gasteiger partial charge < -0.3 is 23.7 Å². The largest absolute Gasteiger partial charge is 0.488 e. The zero-order chi connectivity index (χ0) is 19.2. The van der Waals surface area contributed by atoms with E-state index in [1.807, 2.05) is 30.3 Å². The van der Waals surface area contributed by atoms with Crippen LogP contribution in [0, 0.1) is 0 Å². The van der Waals surface area contributed by atoms with E-state index in [-0.39, 0.29) is 19.5 Å². The summed E-state index contributed by atoms with van der Waals surface area (Å²) in [5.41, 5.74) is 4.20. The summed E-state index contributed by atoms with van der Waals surface area (Å²) in [7, 11) is 3.20. The molecule has 2 aromatic rings. The van der Waals surface area contributed by atoms with Crippen LogP contribution in [-0.2, 0) is 20.8 Å². The SMILES string of the molecule is COCOc1cc(C2=Cc3ccccc3CO2)cc(OCOC)c1C(C)C. The van der Waals surface area contributed by atoms with Gasteiger partial charge in [0.2, 0.25) is 0 Å². The number of methoxy groups -OCH3 is 2. The molecule has 0 amide bonds. The van der Waals surface area contributed by atoms with Crippen LogP contribution in [0.15, 0.2) is 36.4 Å². The third kappa shape index (κ3) is 4.43. The molecule has 2 aromatic carbocycles. The molecule has 0 N–H and O–H groups in total. The van der Waals surface area contributed by atoms with Gasteiger partial charge in [0.15, 0.2) is 13.6 Å². The number of benzene rings is 2. The van der Waals surface area contributed by atoms with Gasteiger partial charge in [-0.25, -0.2) is 0 Å². The van der Waals surface area contributed by atoms with Gasteiger partial charge in [-0.1, -0.05) is 38.1 Å². The quantitative estimate of drug-likeness (QED) is 0.625. The fraction of sp³-hybridized carbons (Fsp3) is 0.364. The monoisotopic (exact) mass is 370 g/mol. The molecule has 3 rings (SSSR count). The van der Waals surface area contributed by atoms with Crippen molar-refractivity contribution in [3.8, 4) is 11.5 Å². The van der Waals surface area contributed by atoms with Crippen molar-refractivity contribution < 1.29 is 23.7 Å². The van der Waals surface area contributed by atoms with Gasteiger partial charge in [0.25, 0.3) is 0 Å². The maximum atomic E-state index is 6.00. The molecule has 0 spiro atoms. The van der Waals surface area contributed by atoms with Crippen LogP contribution >= 0.6 is 0 Å². The molecule has 1 heterocycles. The highest BCUT2D eigenvalue weighted by Crippen LogP contribution is 2.40. The molecular formula is C22H26O5. The lowest BCUT2D eigenvalue weighted by Gasteiger charge is -2.22. The molecule has 0 unspecified atom stereocenters. The third-order valence-corrected chi connectivity index (χ3v) is 4.36. The summed E-state index contributed by atoms with van der Waals surface area (Å²) in [6.45, 7) is 5.06. The maximum Gasteiger partial charge on any atom is 0.188 e. The van der Waals surface area contributed by atoms with Crippen molar-refractivity contribution in [2.75, 3.05) is 27.8 Å². The van der Waals surface area contributed by atoms with Crippen molar-refractivity contribution in [1.82, 2.24) is 0 Å². The highest BCUT2D eigenvalue weighted by Gasteiger charge is 2.20. The van der Waals surface area contributed by atoms with Crippen LogP contribution in [-0.4, -0.2) is 27.8 Å². The normalized spacial score (nSPS) is 13.0. The summed E-state index contributed by atoms with van der Waals surface area (Å²) in [5.74, 6) is 2.44. The summed E-state index contributed by atoms with van der Waals surface area (Å²) in [6, 6.07) is 12.2. The maximum absolute atomic E-state index is 6.00. The highest BCUT2D eigenvalue weighted by molar-refractivity contribution is 5.81. The van der Waals surface area contributed by atoms with E-state index >= 15 is 0 Å². The minimum absolute atomic E-state index is 0.162. The zero-order valence-corrected chi connectivity index (χ0v) is 16.3. The summed E-state index contributed by atoms with van der Waals surface area (Å²) < 4.78 is 27.9. The summed E-state index contributed by atoms with van der Waals surface area (Å²) >= 11 is 0. The molecule has 0 aliphatic carbocycles. The second kappa shape index (κ2) is 8.93. The fourth-order valence-corrected chi connectivity index (χ4v) is 3.11. The van der Waals surface area contributed by atoms with E-state index in [1.54, 1.807) is 14.2 Å². The van der Waals surface area contributed by atoms with Gasteiger partial charge in [-0.05, 0) is 35.3 Å². The van der Waals surface area contributed by atoms with E-state index in [1.165, 1.54) is 5.56 Å². The molecule has 1 aliphatic rings. The van der Waals surface area contributed by atoms with Crippen molar-refractivity contribution in [3.63, 3.8) is 0 Å². The van der Waals surface area contributed by atoms with E-state index in [0.29, 0.717) is 6.61 Å². The molecule has 0 fully saturated rings. The van der Waals surface area contributed by atoms with Crippen LogP contribution in [0.5, 0.6) is 11.5 Å². The fourth-order valence-electron chi connectivity index (χ4n) is 3.11. The lowest BCUT2D eigenvalue weighted by molar-refractivity contribution is 0.0443. The first-order valence-corrected chi connectivity index (χ1v) is 8.98. The summed E-state index contributed by atoms with van der Waals surface area (Å²) in [6.07, 6.45) is 2.05. The lowest BCUT2D eigenvalue weighted by atomic mass is 9.96. The Morgan fingerprint density at radius 1 is 0.963 bits per heavy atom. The molecule has 5 nitrogen and oxygen atoms in total. The number of hydrogen-bond donors (Lipinski definition) is 0. The van der Waals surface area contributed by atoms with Crippen molar-refractivity contribution in [2.24, 2.45) is 0 Å². The van der Waals surface area contributed by atoms with Gasteiger partial charge in [-0.15, -0.1) is 0 Å². The van der Waals surface area contributed by atoms with Crippen LogP contribution in [0.3, 0.4) is 0 Å². The molecule has 0 saturated heterocycles. The van der Waals surface area contributed by atoms with E-state index in [2.05, 4.69) is 26.0 Å². The molecule has 5 heteroatoms. The first kappa shape index (κ1) is 19.3. The minimum atomic E-state index is 0.162. The third-order valence-electron chi connectivity index (χ3n) is 4.36. The summed E-state index contributed by atoms with van der Waals surface area (Å²) in [4.78, 5) is 0. The Morgan fingerprint density at radius 3 is 2.19 bits per heavy atom. The molecular weight excluding hydrogens is 344 g/mol. The van der Waals surface area contributed by atoms with Gasteiger partial charge in [0.05, 0.1) is 0 Å². The average Bonchev–Trinajstić information content (AvgIpc) is 2.69. The smallest absolute Gasteiger partial charge is 0.188 e. The van der Waals surface area contributed by atoms with Crippen molar-refractivity contribution in [1.29, 1.82) is 0 Å². The second-order valence-corrected chi connectivity index (χ2v) is 6.64. The van der Waals surface area contributed by atoms with Crippen LogP contribution in [0.2, 0.25) is 0 Å². The molecule has 0 bridgehead atoms. The highest BCUT2D eigenvalue weighted by atomic mass is 16.7. The Kier molecular flexibility index (Phi) is 6.37. The van der Waals surface area contributed by atoms with Gasteiger partial charge in [0, 0.05) is 25.3 Å². The molecule has 0 aromatic heterocycles. The Hall–Kier alpha value is -2.50. The molecule has 27 heavy (non-hydrogen) atoms. The number of hydrogen-bond acceptors (Lipinski definition) is 5.